The first-order valence-electron chi connectivity index (χ1n) is 14.5. The SMILES string of the molecule is c1ccc(-c2ccc(N(c3ccc4cc5sc6ccccc6c5cc4c3)c3cccc4oc5ccccc5c34)cc2)cc1. The first kappa shape index (κ1) is 24.2. The molecule has 0 aliphatic heterocycles. The van der Waals surface area contributed by atoms with Crippen LogP contribution in [0.25, 0.3) is 64.0 Å². The molecule has 0 unspecified atom stereocenters. The average molecular weight is 568 g/mol. The molecule has 0 bridgehead atoms. The number of furan rings is 1. The molecular weight excluding hydrogens is 543 g/mol. The molecule has 0 amide bonds. The lowest BCUT2D eigenvalue weighted by Gasteiger charge is -2.27. The molecule has 2 aromatic heterocycles. The summed E-state index contributed by atoms with van der Waals surface area (Å²) in [6.07, 6.45) is 0. The van der Waals surface area contributed by atoms with Crippen molar-refractivity contribution < 1.29 is 4.42 Å². The maximum atomic E-state index is 6.32. The molecular formula is C40H25NOS. The van der Waals surface area contributed by atoms with Crippen LogP contribution in [0.4, 0.5) is 17.1 Å². The summed E-state index contributed by atoms with van der Waals surface area (Å²) in [4.78, 5) is 2.37. The van der Waals surface area contributed by atoms with E-state index in [4.69, 9.17) is 4.42 Å². The zero-order chi connectivity index (χ0) is 28.3. The van der Waals surface area contributed by atoms with Crippen LogP contribution in [-0.4, -0.2) is 0 Å². The second-order valence-corrected chi connectivity index (χ2v) is 12.1. The van der Waals surface area contributed by atoms with E-state index in [0.717, 1.165) is 39.0 Å². The maximum Gasteiger partial charge on any atom is 0.137 e. The monoisotopic (exact) mass is 567 g/mol. The third-order valence-corrected chi connectivity index (χ3v) is 9.57. The summed E-state index contributed by atoms with van der Waals surface area (Å²) in [5.74, 6) is 0. The largest absolute Gasteiger partial charge is 0.456 e. The van der Waals surface area contributed by atoms with E-state index in [1.54, 1.807) is 0 Å². The maximum absolute atomic E-state index is 6.32. The molecule has 0 saturated carbocycles. The first-order valence-corrected chi connectivity index (χ1v) is 15.3. The summed E-state index contributed by atoms with van der Waals surface area (Å²) in [5, 5.41) is 7.33. The molecule has 0 radical (unpaired) electrons. The van der Waals surface area contributed by atoms with Gasteiger partial charge in [-0.25, -0.2) is 0 Å². The lowest BCUT2D eigenvalue weighted by atomic mass is 10.0. The Morgan fingerprint density at radius 3 is 2.05 bits per heavy atom. The van der Waals surface area contributed by atoms with Gasteiger partial charge in [0, 0.05) is 36.9 Å². The summed E-state index contributed by atoms with van der Waals surface area (Å²) in [7, 11) is 0. The Balaban J connectivity index is 1.28. The summed E-state index contributed by atoms with van der Waals surface area (Å²) in [6, 6.07) is 54.3. The highest BCUT2D eigenvalue weighted by atomic mass is 32.1. The molecule has 9 aromatic rings. The van der Waals surface area contributed by atoms with Crippen LogP contribution in [0.5, 0.6) is 0 Å². The highest BCUT2D eigenvalue weighted by Crippen LogP contribution is 2.44. The van der Waals surface area contributed by atoms with E-state index in [2.05, 4.69) is 144 Å². The third kappa shape index (κ3) is 3.93. The van der Waals surface area contributed by atoms with Crippen LogP contribution in [0.2, 0.25) is 0 Å². The lowest BCUT2D eigenvalue weighted by Crippen LogP contribution is -2.10. The Bertz CT molecular complexity index is 2450. The summed E-state index contributed by atoms with van der Waals surface area (Å²) in [6.45, 7) is 0. The molecule has 7 aromatic carbocycles. The van der Waals surface area contributed by atoms with Crippen molar-refractivity contribution in [2.45, 2.75) is 0 Å². The van der Waals surface area contributed by atoms with E-state index in [9.17, 15) is 0 Å². The van der Waals surface area contributed by atoms with E-state index in [0.29, 0.717) is 0 Å². The van der Waals surface area contributed by atoms with Crippen molar-refractivity contribution >= 4 is 81.3 Å². The molecule has 202 valence electrons. The van der Waals surface area contributed by atoms with Crippen LogP contribution in [0.3, 0.4) is 0 Å². The van der Waals surface area contributed by atoms with Crippen molar-refractivity contribution in [3.8, 4) is 11.1 Å². The Kier molecular flexibility index (Phi) is 5.40. The third-order valence-electron chi connectivity index (χ3n) is 8.43. The van der Waals surface area contributed by atoms with E-state index in [1.165, 1.54) is 42.1 Å². The molecule has 2 heterocycles. The van der Waals surface area contributed by atoms with Gasteiger partial charge in [0.15, 0.2) is 0 Å². The molecule has 0 aliphatic carbocycles. The van der Waals surface area contributed by atoms with Gasteiger partial charge in [0.25, 0.3) is 0 Å². The van der Waals surface area contributed by atoms with Crippen LogP contribution in [-0.2, 0) is 0 Å². The van der Waals surface area contributed by atoms with Crippen molar-refractivity contribution in [3.05, 3.63) is 152 Å². The second-order valence-electron chi connectivity index (χ2n) is 11.0. The number of thiophene rings is 1. The standard InChI is InChI=1S/C40H25NOS/c1-2-9-26(10-3-1)27-17-20-30(21-18-27)41(35-13-8-15-37-40(35)33-12-4-6-14-36(33)42-37)31-22-19-28-25-39-34(24-29(28)23-31)32-11-5-7-16-38(32)43-39/h1-25H. The molecule has 0 atom stereocenters. The van der Waals surface area contributed by atoms with Crippen LogP contribution in [0.15, 0.2) is 156 Å². The first-order chi connectivity index (χ1) is 21.3. The Morgan fingerprint density at radius 2 is 1.16 bits per heavy atom. The zero-order valence-corrected chi connectivity index (χ0v) is 24.0. The van der Waals surface area contributed by atoms with Gasteiger partial charge in [-0.1, -0.05) is 91.0 Å². The molecule has 0 fully saturated rings. The number of nitrogens with zero attached hydrogens (tertiary/aromatic N) is 1. The van der Waals surface area contributed by atoms with Crippen LogP contribution in [0, 0.1) is 0 Å². The van der Waals surface area contributed by atoms with Crippen LogP contribution in [0.1, 0.15) is 0 Å². The molecule has 2 nitrogen and oxygen atoms in total. The topological polar surface area (TPSA) is 16.4 Å². The lowest BCUT2D eigenvalue weighted by molar-refractivity contribution is 0.669. The molecule has 0 saturated heterocycles. The minimum absolute atomic E-state index is 0.886. The Labute approximate surface area is 252 Å². The molecule has 9 rings (SSSR count). The van der Waals surface area contributed by atoms with Crippen molar-refractivity contribution in [2.24, 2.45) is 0 Å². The Morgan fingerprint density at radius 1 is 0.442 bits per heavy atom. The van der Waals surface area contributed by atoms with Crippen molar-refractivity contribution in [1.29, 1.82) is 0 Å². The molecule has 3 heteroatoms. The number of rotatable bonds is 4. The number of para-hydroxylation sites is 1. The van der Waals surface area contributed by atoms with Crippen molar-refractivity contribution in [1.82, 2.24) is 0 Å². The van der Waals surface area contributed by atoms with Crippen LogP contribution < -0.4 is 4.90 Å². The van der Waals surface area contributed by atoms with Crippen molar-refractivity contribution in [3.63, 3.8) is 0 Å². The summed E-state index contributed by atoms with van der Waals surface area (Å²) < 4.78 is 8.97. The quantitative estimate of drug-likeness (QED) is 0.210. The number of anilines is 3. The van der Waals surface area contributed by atoms with Gasteiger partial charge in [0.2, 0.25) is 0 Å². The summed E-state index contributed by atoms with van der Waals surface area (Å²) in [5.41, 5.74) is 7.49. The molecule has 43 heavy (non-hydrogen) atoms. The average Bonchev–Trinajstić information content (AvgIpc) is 3.63. The molecule has 0 aliphatic rings. The smallest absolute Gasteiger partial charge is 0.137 e. The fraction of sp³-hybridized carbons (Fsp3) is 0. The van der Waals surface area contributed by atoms with Crippen molar-refractivity contribution in [2.75, 3.05) is 4.90 Å². The van der Waals surface area contributed by atoms with E-state index < -0.39 is 0 Å². The van der Waals surface area contributed by atoms with Gasteiger partial charge < -0.3 is 9.32 Å². The molecule has 0 spiro atoms. The van der Waals surface area contributed by atoms with E-state index in [-0.39, 0.29) is 0 Å². The number of benzene rings is 7. The van der Waals surface area contributed by atoms with Gasteiger partial charge in [-0.15, -0.1) is 11.3 Å². The van der Waals surface area contributed by atoms with Gasteiger partial charge in [0.05, 0.1) is 11.1 Å². The fourth-order valence-electron chi connectivity index (χ4n) is 6.40. The number of fused-ring (bicyclic) bond motifs is 7. The second kappa shape index (κ2) is 9.59. The minimum Gasteiger partial charge on any atom is -0.456 e. The van der Waals surface area contributed by atoms with Crippen LogP contribution >= 0.6 is 11.3 Å². The highest BCUT2D eigenvalue weighted by molar-refractivity contribution is 7.25. The Hall–Kier alpha value is -5.38. The highest BCUT2D eigenvalue weighted by Gasteiger charge is 2.20. The fourth-order valence-corrected chi connectivity index (χ4v) is 7.53. The minimum atomic E-state index is 0.886. The van der Waals surface area contributed by atoms with Gasteiger partial charge >= 0.3 is 0 Å². The predicted octanol–water partition coefficient (Wildman–Crippen LogP) is 12.2. The number of hydrogen-bond donors (Lipinski definition) is 0. The zero-order valence-electron chi connectivity index (χ0n) is 23.2. The van der Waals surface area contributed by atoms with Gasteiger partial charge in [-0.3, -0.25) is 0 Å². The summed E-state index contributed by atoms with van der Waals surface area (Å²) >= 11 is 1.86. The number of hydrogen-bond acceptors (Lipinski definition) is 3. The van der Waals surface area contributed by atoms with E-state index in [1.807, 2.05) is 23.5 Å². The normalized spacial score (nSPS) is 11.7. The predicted molar refractivity (Wildman–Crippen MR) is 184 cm³/mol. The van der Waals surface area contributed by atoms with Gasteiger partial charge in [-0.2, -0.15) is 0 Å². The van der Waals surface area contributed by atoms with Gasteiger partial charge in [-0.05, 0) is 82.6 Å². The van der Waals surface area contributed by atoms with E-state index >= 15 is 0 Å². The van der Waals surface area contributed by atoms with Gasteiger partial charge in [0.1, 0.15) is 11.2 Å². The molecule has 0 N–H and O–H groups in total.